The maximum Gasteiger partial charge on any atom is 0.115 e. The van der Waals surface area contributed by atoms with Crippen LogP contribution in [0, 0.1) is 5.92 Å². The van der Waals surface area contributed by atoms with E-state index in [4.69, 9.17) is 17.3 Å². The first-order valence-electron chi connectivity index (χ1n) is 7.48. The molecule has 0 heterocycles. The molecule has 22 heavy (non-hydrogen) atoms. The lowest BCUT2D eigenvalue weighted by Gasteiger charge is -2.27. The molecule has 0 fully saturated rings. The number of nitrogens with two attached hydrogens (primary N) is 1. The van der Waals surface area contributed by atoms with E-state index in [0.717, 1.165) is 24.0 Å². The molecule has 2 rings (SSSR count). The normalized spacial score (nSPS) is 15.3. The van der Waals surface area contributed by atoms with Crippen LogP contribution in [0.2, 0.25) is 5.02 Å². The maximum absolute atomic E-state index is 10.5. The molecule has 0 spiro atoms. The number of phenols is 1. The fraction of sp³-hybridized carbons (Fsp3) is 0.333. The molecule has 3 nitrogen and oxygen atoms in total. The van der Waals surface area contributed by atoms with Gasteiger partial charge in [-0.15, -0.1) is 0 Å². The fourth-order valence-corrected chi connectivity index (χ4v) is 2.86. The van der Waals surface area contributed by atoms with E-state index < -0.39 is 6.10 Å². The summed E-state index contributed by atoms with van der Waals surface area (Å²) < 4.78 is 0. The second kappa shape index (κ2) is 7.63. The van der Waals surface area contributed by atoms with E-state index in [0.29, 0.717) is 5.02 Å². The summed E-state index contributed by atoms with van der Waals surface area (Å²) in [5.74, 6) is 0.388. The zero-order chi connectivity index (χ0) is 16.1. The van der Waals surface area contributed by atoms with Crippen LogP contribution >= 0.6 is 11.6 Å². The van der Waals surface area contributed by atoms with Gasteiger partial charge in [0.25, 0.3) is 0 Å². The first kappa shape index (κ1) is 16.8. The number of aromatic hydroxyl groups is 1. The van der Waals surface area contributed by atoms with E-state index in [-0.39, 0.29) is 17.7 Å². The van der Waals surface area contributed by atoms with Crippen LogP contribution in [0.4, 0.5) is 0 Å². The third-order valence-corrected chi connectivity index (χ3v) is 4.29. The lowest BCUT2D eigenvalue weighted by Crippen LogP contribution is -2.37. The SMILES string of the molecule is CCC(Cc1ccc(O)cc1)C(N)C(O)c1cccc(Cl)c1. The number of aliphatic hydroxyl groups excluding tert-OH is 1. The predicted octanol–water partition coefficient (Wildman–Crippen LogP) is 3.68. The number of phenolic OH excluding ortho intramolecular Hbond substituents is 1. The van der Waals surface area contributed by atoms with Crippen LogP contribution in [0.25, 0.3) is 0 Å². The van der Waals surface area contributed by atoms with Crippen LogP contribution in [0.1, 0.15) is 30.6 Å². The van der Waals surface area contributed by atoms with Gasteiger partial charge in [0.15, 0.2) is 0 Å². The summed E-state index contributed by atoms with van der Waals surface area (Å²) >= 11 is 5.98. The molecule has 4 heteroatoms. The van der Waals surface area contributed by atoms with Crippen LogP contribution in [0.3, 0.4) is 0 Å². The fourth-order valence-electron chi connectivity index (χ4n) is 2.66. The molecule has 0 aromatic heterocycles. The van der Waals surface area contributed by atoms with Crippen molar-refractivity contribution in [2.45, 2.75) is 31.9 Å². The lowest BCUT2D eigenvalue weighted by atomic mass is 9.85. The Kier molecular flexibility index (Phi) is 5.83. The molecular weight excluding hydrogens is 298 g/mol. The van der Waals surface area contributed by atoms with Gasteiger partial charge in [0.2, 0.25) is 0 Å². The van der Waals surface area contributed by atoms with Crippen molar-refractivity contribution in [1.82, 2.24) is 0 Å². The van der Waals surface area contributed by atoms with Gasteiger partial charge >= 0.3 is 0 Å². The highest BCUT2D eigenvalue weighted by Crippen LogP contribution is 2.27. The van der Waals surface area contributed by atoms with E-state index in [1.54, 1.807) is 24.3 Å². The van der Waals surface area contributed by atoms with Crippen molar-refractivity contribution in [3.8, 4) is 5.75 Å². The number of hydrogen-bond donors (Lipinski definition) is 3. The van der Waals surface area contributed by atoms with Crippen molar-refractivity contribution in [3.63, 3.8) is 0 Å². The van der Waals surface area contributed by atoms with E-state index >= 15 is 0 Å². The molecule has 0 aliphatic heterocycles. The van der Waals surface area contributed by atoms with Gasteiger partial charge in [-0.05, 0) is 47.7 Å². The smallest absolute Gasteiger partial charge is 0.115 e. The van der Waals surface area contributed by atoms with Crippen molar-refractivity contribution >= 4 is 11.6 Å². The van der Waals surface area contributed by atoms with E-state index in [9.17, 15) is 10.2 Å². The van der Waals surface area contributed by atoms with Gasteiger partial charge in [0, 0.05) is 11.1 Å². The Balaban J connectivity index is 2.10. The van der Waals surface area contributed by atoms with Gasteiger partial charge in [0.1, 0.15) is 5.75 Å². The zero-order valence-electron chi connectivity index (χ0n) is 12.6. The number of rotatable bonds is 6. The quantitative estimate of drug-likeness (QED) is 0.761. The number of aliphatic hydroxyl groups is 1. The lowest BCUT2D eigenvalue weighted by molar-refractivity contribution is 0.116. The van der Waals surface area contributed by atoms with E-state index in [1.807, 2.05) is 24.3 Å². The summed E-state index contributed by atoms with van der Waals surface area (Å²) in [6.45, 7) is 2.07. The first-order valence-corrected chi connectivity index (χ1v) is 7.86. The van der Waals surface area contributed by atoms with Crippen molar-refractivity contribution in [1.29, 1.82) is 0 Å². The molecule has 3 atom stereocenters. The minimum Gasteiger partial charge on any atom is -0.508 e. The third kappa shape index (κ3) is 4.23. The van der Waals surface area contributed by atoms with Crippen LogP contribution in [0.5, 0.6) is 5.75 Å². The topological polar surface area (TPSA) is 66.5 Å². The zero-order valence-corrected chi connectivity index (χ0v) is 13.4. The molecule has 118 valence electrons. The van der Waals surface area contributed by atoms with Gasteiger partial charge in [-0.1, -0.05) is 49.2 Å². The molecule has 2 aromatic rings. The Morgan fingerprint density at radius 2 is 1.82 bits per heavy atom. The van der Waals surface area contributed by atoms with Gasteiger partial charge in [-0.25, -0.2) is 0 Å². The molecule has 0 saturated heterocycles. The minimum absolute atomic E-state index is 0.138. The van der Waals surface area contributed by atoms with Gasteiger partial charge in [-0.3, -0.25) is 0 Å². The maximum atomic E-state index is 10.5. The monoisotopic (exact) mass is 319 g/mol. The van der Waals surface area contributed by atoms with Crippen molar-refractivity contribution in [2.75, 3.05) is 0 Å². The van der Waals surface area contributed by atoms with Crippen LogP contribution in [0.15, 0.2) is 48.5 Å². The summed E-state index contributed by atoms with van der Waals surface area (Å²) in [5.41, 5.74) is 8.13. The summed E-state index contributed by atoms with van der Waals surface area (Å²) in [5, 5.41) is 20.4. The largest absolute Gasteiger partial charge is 0.508 e. The molecule has 2 aromatic carbocycles. The van der Waals surface area contributed by atoms with Gasteiger partial charge in [0.05, 0.1) is 6.10 Å². The van der Waals surface area contributed by atoms with Crippen molar-refractivity contribution in [2.24, 2.45) is 11.7 Å². The molecule has 3 unspecified atom stereocenters. The summed E-state index contributed by atoms with van der Waals surface area (Å²) in [6.07, 6.45) is 0.871. The number of benzene rings is 2. The Bertz CT molecular complexity index is 600. The molecule has 0 bridgehead atoms. The summed E-state index contributed by atoms with van der Waals surface area (Å²) in [7, 11) is 0. The highest BCUT2D eigenvalue weighted by molar-refractivity contribution is 6.30. The van der Waals surface area contributed by atoms with Crippen molar-refractivity contribution in [3.05, 3.63) is 64.7 Å². The number of hydrogen-bond acceptors (Lipinski definition) is 3. The van der Waals surface area contributed by atoms with E-state index in [2.05, 4.69) is 6.92 Å². The Hall–Kier alpha value is -1.55. The molecule has 0 aliphatic rings. The standard InChI is InChI=1S/C18H22ClNO2/c1-2-13(10-12-6-8-16(21)9-7-12)17(20)18(22)14-4-3-5-15(19)11-14/h3-9,11,13,17-18,21-22H,2,10,20H2,1H3. The second-order valence-electron chi connectivity index (χ2n) is 5.62. The van der Waals surface area contributed by atoms with E-state index in [1.165, 1.54) is 0 Å². The van der Waals surface area contributed by atoms with Crippen LogP contribution in [-0.2, 0) is 6.42 Å². The highest BCUT2D eigenvalue weighted by atomic mass is 35.5. The van der Waals surface area contributed by atoms with Gasteiger partial charge < -0.3 is 15.9 Å². The molecule has 4 N–H and O–H groups in total. The molecule has 0 radical (unpaired) electrons. The van der Waals surface area contributed by atoms with Crippen molar-refractivity contribution < 1.29 is 10.2 Å². The minimum atomic E-state index is -0.749. The first-order chi connectivity index (χ1) is 10.5. The average Bonchev–Trinajstić information content (AvgIpc) is 2.53. The highest BCUT2D eigenvalue weighted by Gasteiger charge is 2.25. The summed E-state index contributed by atoms with van der Waals surface area (Å²) in [6, 6.07) is 13.9. The molecular formula is C18H22ClNO2. The van der Waals surface area contributed by atoms with Crippen LogP contribution in [-0.4, -0.2) is 16.3 Å². The second-order valence-corrected chi connectivity index (χ2v) is 6.05. The molecule has 0 amide bonds. The average molecular weight is 320 g/mol. The summed E-state index contributed by atoms with van der Waals surface area (Å²) in [4.78, 5) is 0. The Labute approximate surface area is 136 Å². The van der Waals surface area contributed by atoms with Crippen LogP contribution < -0.4 is 5.73 Å². The Morgan fingerprint density at radius 3 is 2.41 bits per heavy atom. The number of halogens is 1. The Morgan fingerprint density at radius 1 is 1.14 bits per heavy atom. The molecule has 0 saturated carbocycles. The predicted molar refractivity (Wildman–Crippen MR) is 90.0 cm³/mol. The molecule has 0 aliphatic carbocycles. The van der Waals surface area contributed by atoms with Gasteiger partial charge in [-0.2, -0.15) is 0 Å². The third-order valence-electron chi connectivity index (χ3n) is 4.06.